The second-order valence-corrected chi connectivity index (χ2v) is 4.18. The molecule has 1 heterocycles. The van der Waals surface area contributed by atoms with Crippen LogP contribution in [0.5, 0.6) is 0 Å². The topological polar surface area (TPSA) is 54.5 Å². The summed E-state index contributed by atoms with van der Waals surface area (Å²) in [7, 11) is 0. The molecule has 1 aromatic rings. The van der Waals surface area contributed by atoms with Crippen molar-refractivity contribution in [1.29, 1.82) is 0 Å². The van der Waals surface area contributed by atoms with Gasteiger partial charge in [0.15, 0.2) is 0 Å². The average Bonchev–Trinajstić information content (AvgIpc) is 2.52. The Balaban J connectivity index is 0.00000128. The number of hydrogen-bond acceptors (Lipinski definition) is 3. The Hall–Kier alpha value is -0.867. The van der Waals surface area contributed by atoms with Gasteiger partial charge in [0.05, 0.1) is 0 Å². The molecule has 1 aromatic carbocycles. The second-order valence-electron chi connectivity index (χ2n) is 3.14. The molecule has 2 rings (SSSR count). The minimum atomic E-state index is -0.492. The van der Waals surface area contributed by atoms with Gasteiger partial charge in [0, 0.05) is 0 Å². The molecule has 0 N–H and O–H groups in total. The number of nitrogens with zero attached hydrogens (tertiary/aromatic N) is 1. The van der Waals surface area contributed by atoms with E-state index in [9.17, 15) is 14.4 Å². The third kappa shape index (κ3) is 1.87. The zero-order chi connectivity index (χ0) is 11.0. The smallest absolute Gasteiger partial charge is 1.00 e. The van der Waals surface area contributed by atoms with Crippen molar-refractivity contribution in [2.75, 3.05) is 0 Å². The maximum atomic E-state index is 11.7. The number of amides is 3. The summed E-state index contributed by atoms with van der Waals surface area (Å²) in [6.45, 7) is 0. The van der Waals surface area contributed by atoms with Gasteiger partial charge >= 0.3 is 95.7 Å². The summed E-state index contributed by atoms with van der Waals surface area (Å²) >= 11 is 0.742. The van der Waals surface area contributed by atoms with Crippen LogP contribution in [0.2, 0.25) is 5.02 Å². The van der Waals surface area contributed by atoms with Gasteiger partial charge in [-0.05, 0) is 0 Å². The van der Waals surface area contributed by atoms with E-state index < -0.39 is 17.7 Å². The van der Waals surface area contributed by atoms with Crippen molar-refractivity contribution in [3.63, 3.8) is 0 Å². The van der Waals surface area contributed by atoms with Crippen LogP contribution in [0.15, 0.2) is 24.3 Å². The van der Waals surface area contributed by atoms with Gasteiger partial charge in [-0.15, -0.1) is 0 Å². The number of halogens is 1. The quantitative estimate of drug-likeness (QED) is 0.432. The van der Waals surface area contributed by atoms with Crippen LogP contribution in [0.3, 0.4) is 0 Å². The molecule has 0 aliphatic carbocycles. The summed E-state index contributed by atoms with van der Waals surface area (Å²) in [6.07, 6.45) is 0. The molecule has 0 atom stereocenters. The van der Waals surface area contributed by atoms with Crippen LogP contribution in [0.1, 0.15) is 20.7 Å². The van der Waals surface area contributed by atoms with E-state index in [1.165, 1.54) is 0 Å². The van der Waals surface area contributed by atoms with E-state index in [2.05, 4.69) is 0 Å². The number of carbonyl (C=O) groups is 3. The van der Waals surface area contributed by atoms with Crippen molar-refractivity contribution >= 4 is 17.7 Å². The zero-order valence-corrected chi connectivity index (χ0v) is 12.8. The molecule has 0 unspecified atom stereocenters. The van der Waals surface area contributed by atoms with Crippen molar-refractivity contribution in [3.8, 4) is 0 Å². The van der Waals surface area contributed by atoms with Crippen LogP contribution in [-0.4, -0.2) is 22.6 Å². The van der Waals surface area contributed by atoms with E-state index >= 15 is 0 Å². The van der Waals surface area contributed by atoms with E-state index in [1.54, 1.807) is 24.3 Å². The Morgan fingerprint density at radius 1 is 1.12 bits per heavy atom. The molecule has 78 valence electrons. The van der Waals surface area contributed by atoms with Gasteiger partial charge in [-0.2, -0.15) is 0 Å². The largest absolute Gasteiger partial charge is 1.00 e. The standard InChI is InChI=1S/C10H6NO3.BrH.Zn/c1-6(12)11-9(13)7-4-2-3-5-8(7)10(11)14;;/h2-5H,1H2;1H;/q;;+1/p-1. The molecule has 0 fully saturated rings. The molecule has 4 nitrogen and oxygen atoms in total. The first-order valence-corrected chi connectivity index (χ1v) is 6.56. The molecule has 0 radical (unpaired) electrons. The van der Waals surface area contributed by atoms with E-state index in [4.69, 9.17) is 0 Å². The van der Waals surface area contributed by atoms with Gasteiger partial charge in [-0.1, -0.05) is 0 Å². The number of hydrogen-bond donors (Lipinski definition) is 0. The summed E-state index contributed by atoms with van der Waals surface area (Å²) in [5, 5.41) is 0.269. The summed E-state index contributed by atoms with van der Waals surface area (Å²) in [5.41, 5.74) is 0.647. The number of benzene rings is 1. The minimum Gasteiger partial charge on any atom is -1.00 e. The SMILES string of the molecule is O=C([CH2][Zn+])N1C(=O)c2ccccc2C1=O.[Br-]. The molecule has 0 spiro atoms. The number of fused-ring (bicyclic) bond motifs is 1. The van der Waals surface area contributed by atoms with E-state index in [-0.39, 0.29) is 22.0 Å². The Morgan fingerprint density at radius 2 is 1.56 bits per heavy atom. The number of rotatable bonds is 1. The normalized spacial score (nSPS) is 13.5. The van der Waals surface area contributed by atoms with Crippen LogP contribution in [-0.2, 0) is 23.1 Å². The van der Waals surface area contributed by atoms with Crippen molar-refractivity contribution < 1.29 is 49.7 Å². The van der Waals surface area contributed by atoms with Gasteiger partial charge < -0.3 is 17.0 Å². The monoisotopic (exact) mass is 331 g/mol. The van der Waals surface area contributed by atoms with Gasteiger partial charge in [0.1, 0.15) is 0 Å². The molecule has 0 saturated heterocycles. The molecule has 1 aliphatic rings. The zero-order valence-electron chi connectivity index (χ0n) is 8.27. The molecule has 0 bridgehead atoms. The second kappa shape index (κ2) is 4.98. The molecule has 16 heavy (non-hydrogen) atoms. The maximum absolute atomic E-state index is 11.7. The van der Waals surface area contributed by atoms with Crippen molar-refractivity contribution in [2.45, 2.75) is 5.02 Å². The first kappa shape index (κ1) is 13.2. The van der Waals surface area contributed by atoms with E-state index in [1.807, 2.05) is 0 Å². The van der Waals surface area contributed by atoms with Crippen molar-refractivity contribution in [2.24, 2.45) is 0 Å². The Kier molecular flexibility index (Phi) is 4.11. The molecular weight excluding hydrogens is 327 g/mol. The fourth-order valence-electron chi connectivity index (χ4n) is 1.53. The molecule has 0 saturated carbocycles. The maximum Gasteiger partial charge on any atom is -1.00 e. The van der Waals surface area contributed by atoms with Crippen LogP contribution in [0.25, 0.3) is 0 Å². The van der Waals surface area contributed by atoms with Crippen molar-refractivity contribution in [3.05, 3.63) is 35.4 Å². The molecule has 3 amide bonds. The predicted octanol–water partition coefficient (Wildman–Crippen LogP) is -2.22. The van der Waals surface area contributed by atoms with Gasteiger partial charge in [0.25, 0.3) is 0 Å². The third-order valence-corrected chi connectivity index (χ3v) is 3.15. The number of carbonyl (C=O) groups excluding carboxylic acids is 3. The fourth-order valence-corrected chi connectivity index (χ4v) is 2.00. The van der Waals surface area contributed by atoms with Crippen LogP contribution in [0, 0.1) is 0 Å². The van der Waals surface area contributed by atoms with E-state index in [0.717, 1.165) is 23.2 Å². The van der Waals surface area contributed by atoms with Gasteiger partial charge in [0.2, 0.25) is 0 Å². The summed E-state index contributed by atoms with van der Waals surface area (Å²) in [5.74, 6) is -1.38. The minimum absolute atomic E-state index is 0. The summed E-state index contributed by atoms with van der Waals surface area (Å²) in [6, 6.07) is 6.49. The van der Waals surface area contributed by atoms with E-state index in [0.29, 0.717) is 11.1 Å². The predicted molar refractivity (Wildman–Crippen MR) is 46.8 cm³/mol. The fraction of sp³-hybridized carbons (Fsp3) is 0.100. The van der Waals surface area contributed by atoms with Crippen molar-refractivity contribution in [1.82, 2.24) is 4.90 Å². The molecule has 0 aromatic heterocycles. The average molecular weight is 333 g/mol. The first-order valence-electron chi connectivity index (χ1n) is 4.46. The Morgan fingerprint density at radius 3 is 1.94 bits per heavy atom. The summed E-state index contributed by atoms with van der Waals surface area (Å²) < 4.78 is 0. The number of imide groups is 3. The molecule has 1 aliphatic heterocycles. The summed E-state index contributed by atoms with van der Waals surface area (Å²) in [4.78, 5) is 35.6. The van der Waals surface area contributed by atoms with Gasteiger partial charge in [-0.3, -0.25) is 0 Å². The third-order valence-electron chi connectivity index (χ3n) is 2.26. The Labute approximate surface area is 112 Å². The van der Waals surface area contributed by atoms with Gasteiger partial charge in [-0.25, -0.2) is 0 Å². The Bertz CT molecular complexity index is 440. The molecule has 6 heteroatoms. The first-order chi connectivity index (χ1) is 7.16. The molecular formula is C10H6BrNO3Zn. The van der Waals surface area contributed by atoms with Crippen LogP contribution < -0.4 is 17.0 Å². The van der Waals surface area contributed by atoms with Crippen LogP contribution in [0.4, 0.5) is 0 Å². The van der Waals surface area contributed by atoms with Crippen LogP contribution >= 0.6 is 0 Å².